The second-order valence-corrected chi connectivity index (χ2v) is 9.58. The number of aromatic nitrogens is 1. The number of hydrogen-bond donors (Lipinski definition) is 1. The molecule has 31 heavy (non-hydrogen) atoms. The molecule has 1 N–H and O–H groups in total. The monoisotopic (exact) mass is 616 g/mol. The van der Waals surface area contributed by atoms with Crippen LogP contribution in [0, 0.1) is 16.0 Å². The summed E-state index contributed by atoms with van der Waals surface area (Å²) in [5.74, 6) is 0.379. The zero-order chi connectivity index (χ0) is 23.2. The first-order chi connectivity index (χ1) is 14.5. The van der Waals surface area contributed by atoms with Crippen LogP contribution in [0.3, 0.4) is 0 Å². The molecule has 1 aliphatic heterocycles. The Hall–Kier alpha value is -1.73. The van der Waals surface area contributed by atoms with Gasteiger partial charge < -0.3 is 4.74 Å². The third-order valence-corrected chi connectivity index (χ3v) is 6.04. The van der Waals surface area contributed by atoms with Crippen LogP contribution < -0.4 is 5.36 Å². The third-order valence-electron chi connectivity index (χ3n) is 4.77. The van der Waals surface area contributed by atoms with Crippen molar-refractivity contribution >= 4 is 41.7 Å². The zero-order valence-corrected chi connectivity index (χ0v) is 21.6. The Balaban J connectivity index is 2.10. The van der Waals surface area contributed by atoms with Gasteiger partial charge in [-0.1, -0.05) is 0 Å². The first-order valence-electron chi connectivity index (χ1n) is 9.98. The van der Waals surface area contributed by atoms with Crippen LogP contribution in [-0.4, -0.2) is 58.4 Å². The Morgan fingerprint density at radius 3 is 2.68 bits per heavy atom. The molecule has 1 aromatic rings. The molecule has 166 valence electrons. The maximum absolute atomic E-state index is 12.2. The van der Waals surface area contributed by atoms with Crippen molar-refractivity contribution in [1.29, 1.82) is 0 Å². The van der Waals surface area contributed by atoms with Crippen molar-refractivity contribution in [2.45, 2.75) is 45.6 Å². The minimum atomic E-state index is -0.536. The summed E-state index contributed by atoms with van der Waals surface area (Å²) in [4.78, 5) is 32.1. The van der Waals surface area contributed by atoms with E-state index >= 15 is 0 Å². The van der Waals surface area contributed by atoms with Crippen LogP contribution in [0.15, 0.2) is 16.7 Å². The first-order valence-corrected chi connectivity index (χ1v) is 12.1. The van der Waals surface area contributed by atoms with E-state index in [4.69, 9.17) is 24.2 Å². The molecule has 0 aromatic carbocycles. The number of halogens is 1. The van der Waals surface area contributed by atoms with Gasteiger partial charge in [-0.2, -0.15) is 0 Å². The molecule has 0 bridgehead atoms. The second kappa shape index (κ2) is 11.2. The van der Waals surface area contributed by atoms with Crippen LogP contribution in [0.1, 0.15) is 45.6 Å². The summed E-state index contributed by atoms with van der Waals surface area (Å²) in [7, 11) is 5.88. The number of nitro groups is 1. The van der Waals surface area contributed by atoms with Gasteiger partial charge in [-0.15, -0.1) is 0 Å². The van der Waals surface area contributed by atoms with E-state index < -0.39 is 10.5 Å². The third kappa shape index (κ3) is 7.72. The fourth-order valence-corrected chi connectivity index (χ4v) is 3.72. The Kier molecular flexibility index (Phi) is 9.25. The quantitative estimate of drug-likeness (QED) is 0.229. The molecule has 1 aliphatic rings. The predicted octanol–water partition coefficient (Wildman–Crippen LogP) is 3.37. The number of allylic oxidation sites excluding steroid dienone is 1. The molecule has 0 atom stereocenters. The molecular formula is C20H26BClN4O4W. The molecule has 1 fully saturated rings. The minimum absolute atomic E-state index is 0.0729. The number of nitrogens with one attached hydrogen (secondary N) is 1. The van der Waals surface area contributed by atoms with Gasteiger partial charge in [0.1, 0.15) is 5.60 Å². The number of rotatable bonds is 6. The van der Waals surface area contributed by atoms with Crippen molar-refractivity contribution < 1.29 is 33.8 Å². The summed E-state index contributed by atoms with van der Waals surface area (Å²) < 4.78 is 7.21. The molecule has 1 saturated heterocycles. The SMILES string of the molecule is [B]/C([CH]=[W])=C/c1c[nH]c(Cl)c([N+](=O)[O-])c1=NCCC1CCN(C(=O)OC(C)(C)C)CC1. The van der Waals surface area contributed by atoms with E-state index in [0.29, 0.717) is 36.6 Å². The van der Waals surface area contributed by atoms with Crippen molar-refractivity contribution in [1.82, 2.24) is 9.88 Å². The number of piperidine rings is 1. The van der Waals surface area contributed by atoms with Gasteiger partial charge >= 0.3 is 164 Å². The molecule has 2 radical (unpaired) electrons. The van der Waals surface area contributed by atoms with Gasteiger partial charge in [0, 0.05) is 0 Å². The van der Waals surface area contributed by atoms with Gasteiger partial charge in [0.2, 0.25) is 0 Å². The van der Waals surface area contributed by atoms with Crippen LogP contribution in [0.4, 0.5) is 10.5 Å². The van der Waals surface area contributed by atoms with Gasteiger partial charge in [0.25, 0.3) is 0 Å². The van der Waals surface area contributed by atoms with Gasteiger partial charge in [-0.05, 0) is 20.8 Å². The van der Waals surface area contributed by atoms with E-state index in [-0.39, 0.29) is 22.3 Å². The van der Waals surface area contributed by atoms with Crippen molar-refractivity contribution in [3.05, 3.63) is 37.9 Å². The van der Waals surface area contributed by atoms with E-state index in [1.807, 2.05) is 20.8 Å². The normalized spacial score (nSPS) is 16.3. The summed E-state index contributed by atoms with van der Waals surface area (Å²) in [6.45, 7) is 7.23. The van der Waals surface area contributed by atoms with Crippen LogP contribution in [-0.2, 0) is 24.1 Å². The van der Waals surface area contributed by atoms with Crippen molar-refractivity contribution in [2.75, 3.05) is 19.6 Å². The number of carbonyl (C=O) groups is 1. The topological polar surface area (TPSA) is 101 Å². The van der Waals surface area contributed by atoms with Crippen LogP contribution >= 0.6 is 11.6 Å². The van der Waals surface area contributed by atoms with E-state index in [1.54, 1.807) is 21.6 Å². The molecule has 2 heterocycles. The Morgan fingerprint density at radius 2 is 2.13 bits per heavy atom. The summed E-state index contributed by atoms with van der Waals surface area (Å²) in [5, 5.41) is 11.7. The number of carbonyl (C=O) groups excluding carboxylic acids is 1. The average Bonchev–Trinajstić information content (AvgIpc) is 2.68. The summed E-state index contributed by atoms with van der Waals surface area (Å²) in [6, 6.07) is 0. The Labute approximate surface area is 199 Å². The number of aromatic amines is 1. The fourth-order valence-electron chi connectivity index (χ4n) is 3.26. The van der Waals surface area contributed by atoms with Gasteiger partial charge in [-0.25, -0.2) is 4.79 Å². The number of ether oxygens (including phenoxy) is 1. The summed E-state index contributed by atoms with van der Waals surface area (Å²) in [6.07, 6.45) is 5.37. The zero-order valence-electron chi connectivity index (χ0n) is 17.9. The number of pyridine rings is 1. The van der Waals surface area contributed by atoms with Crippen molar-refractivity contribution in [3.8, 4) is 0 Å². The standard InChI is InChI=1S/C20H26BClN4O4.W/c1-13(21)11-15-12-24-18(22)17(26(28)29)16(15)23-8-5-14-6-9-25(10-7-14)19(27)30-20(2,3)4;/h1,11-12,14H,5-10H2,2-4H3,(H,23,24);/b13-11+;. The molecule has 0 unspecified atom stereocenters. The molecule has 0 aliphatic carbocycles. The molecule has 1 amide bonds. The van der Waals surface area contributed by atoms with Gasteiger partial charge in [0.15, 0.2) is 0 Å². The van der Waals surface area contributed by atoms with Gasteiger partial charge in [-0.3, -0.25) is 0 Å². The number of likely N-dealkylation sites (tertiary alicyclic amines) is 1. The van der Waals surface area contributed by atoms with Crippen LogP contribution in [0.25, 0.3) is 6.08 Å². The maximum atomic E-state index is 12.2. The molecule has 0 saturated carbocycles. The van der Waals surface area contributed by atoms with Crippen molar-refractivity contribution in [2.24, 2.45) is 10.9 Å². The predicted molar refractivity (Wildman–Crippen MR) is 118 cm³/mol. The van der Waals surface area contributed by atoms with Crippen LogP contribution in [0.5, 0.6) is 0 Å². The molecular weight excluding hydrogens is 590 g/mol. The number of nitrogens with zero attached hydrogens (tertiary/aromatic N) is 3. The molecule has 2 rings (SSSR count). The van der Waals surface area contributed by atoms with E-state index in [1.165, 1.54) is 19.4 Å². The molecule has 1 aromatic heterocycles. The first kappa shape index (κ1) is 25.5. The summed E-state index contributed by atoms with van der Waals surface area (Å²) >= 11 is 7.20. The summed E-state index contributed by atoms with van der Waals surface area (Å²) in [5.41, 5.74) is 0.255. The fraction of sp³-hybridized carbons (Fsp3) is 0.550. The average molecular weight is 617 g/mol. The number of hydrogen-bond acceptors (Lipinski definition) is 5. The Bertz CT molecular complexity index is 934. The second-order valence-electron chi connectivity index (χ2n) is 8.36. The van der Waals surface area contributed by atoms with Crippen LogP contribution in [0.2, 0.25) is 5.15 Å². The number of amides is 1. The van der Waals surface area contributed by atoms with Gasteiger partial charge in [0.05, 0.1) is 0 Å². The van der Waals surface area contributed by atoms with E-state index in [9.17, 15) is 14.9 Å². The Morgan fingerprint density at radius 1 is 1.48 bits per heavy atom. The molecule has 11 heteroatoms. The molecule has 0 spiro atoms. The number of H-pyrrole nitrogens is 1. The molecule has 8 nitrogen and oxygen atoms in total. The van der Waals surface area contributed by atoms with E-state index in [2.05, 4.69) is 9.98 Å². The van der Waals surface area contributed by atoms with Crippen molar-refractivity contribution in [3.63, 3.8) is 0 Å². The van der Waals surface area contributed by atoms with E-state index in [0.717, 1.165) is 19.3 Å².